The van der Waals surface area contributed by atoms with Gasteiger partial charge in [0.2, 0.25) is 5.91 Å². The fourth-order valence-electron chi connectivity index (χ4n) is 2.88. The Morgan fingerprint density at radius 2 is 2.22 bits per heavy atom. The van der Waals surface area contributed by atoms with Crippen molar-refractivity contribution in [3.05, 3.63) is 24.3 Å². The van der Waals surface area contributed by atoms with Crippen LogP contribution >= 0.6 is 0 Å². The quantitative estimate of drug-likeness (QED) is 0.856. The Kier molecular flexibility index (Phi) is 3.30. The third kappa shape index (κ3) is 2.08. The molecular weight excluding hydrogens is 228 g/mol. The largest absolute Gasteiger partial charge is 0.508 e. The first-order valence-corrected chi connectivity index (χ1v) is 6.26. The second-order valence-corrected chi connectivity index (χ2v) is 5.38. The monoisotopic (exact) mass is 248 g/mol. The van der Waals surface area contributed by atoms with Crippen molar-refractivity contribution in [3.8, 4) is 5.75 Å². The zero-order valence-corrected chi connectivity index (χ0v) is 10.9. The van der Waals surface area contributed by atoms with Crippen LogP contribution in [0.2, 0.25) is 0 Å². The smallest absolute Gasteiger partial charge is 0.234 e. The van der Waals surface area contributed by atoms with Gasteiger partial charge in [0.15, 0.2) is 0 Å². The average Bonchev–Trinajstić information content (AvgIpc) is 2.33. The van der Waals surface area contributed by atoms with Crippen molar-refractivity contribution in [1.29, 1.82) is 0 Å². The summed E-state index contributed by atoms with van der Waals surface area (Å²) in [5, 5.41) is 9.45. The fourth-order valence-corrected chi connectivity index (χ4v) is 2.88. The van der Waals surface area contributed by atoms with Crippen LogP contribution in [0.1, 0.15) is 19.8 Å². The number of carbonyl (C=O) groups is 1. The van der Waals surface area contributed by atoms with Crippen molar-refractivity contribution in [2.24, 2.45) is 17.1 Å². The van der Waals surface area contributed by atoms with Crippen molar-refractivity contribution in [1.82, 2.24) is 0 Å². The normalized spacial score (nSPS) is 26.5. The molecule has 1 aliphatic rings. The molecule has 18 heavy (non-hydrogen) atoms. The van der Waals surface area contributed by atoms with Crippen LogP contribution in [0.3, 0.4) is 0 Å². The van der Waals surface area contributed by atoms with E-state index in [-0.39, 0.29) is 11.7 Å². The Balaban J connectivity index is 2.18. The van der Waals surface area contributed by atoms with Gasteiger partial charge in [0, 0.05) is 25.3 Å². The molecule has 1 aliphatic carbocycles. The average molecular weight is 248 g/mol. The summed E-state index contributed by atoms with van der Waals surface area (Å²) in [6, 6.07) is 6.72. The molecule has 2 rings (SSSR count). The molecule has 0 saturated heterocycles. The van der Waals surface area contributed by atoms with Crippen LogP contribution in [0.4, 0.5) is 5.69 Å². The molecule has 0 spiro atoms. The summed E-state index contributed by atoms with van der Waals surface area (Å²) in [7, 11) is 1.73. The molecule has 3 N–H and O–H groups in total. The maximum atomic E-state index is 12.5. The molecule has 4 nitrogen and oxygen atoms in total. The summed E-state index contributed by atoms with van der Waals surface area (Å²) < 4.78 is 0. The van der Waals surface area contributed by atoms with E-state index in [4.69, 9.17) is 5.73 Å². The van der Waals surface area contributed by atoms with E-state index in [0.29, 0.717) is 18.2 Å². The molecule has 1 aromatic carbocycles. The van der Waals surface area contributed by atoms with Crippen LogP contribution in [-0.2, 0) is 4.79 Å². The van der Waals surface area contributed by atoms with Gasteiger partial charge >= 0.3 is 0 Å². The fraction of sp³-hybridized carbons (Fsp3) is 0.500. The van der Waals surface area contributed by atoms with Crippen LogP contribution < -0.4 is 10.6 Å². The maximum absolute atomic E-state index is 12.5. The number of nitrogens with two attached hydrogens (primary N) is 1. The number of hydrogen-bond acceptors (Lipinski definition) is 3. The highest BCUT2D eigenvalue weighted by Crippen LogP contribution is 2.46. The maximum Gasteiger partial charge on any atom is 0.234 e. The predicted octanol–water partition coefficient (Wildman–Crippen LogP) is 1.73. The molecule has 0 unspecified atom stereocenters. The highest BCUT2D eigenvalue weighted by Gasteiger charge is 2.48. The molecule has 1 fully saturated rings. The summed E-state index contributed by atoms with van der Waals surface area (Å²) in [5.74, 6) is 0.778. The van der Waals surface area contributed by atoms with Gasteiger partial charge in [-0.25, -0.2) is 0 Å². The highest BCUT2D eigenvalue weighted by atomic mass is 16.3. The van der Waals surface area contributed by atoms with Crippen molar-refractivity contribution >= 4 is 11.6 Å². The standard InChI is InChI=1S/C14H20N2O2/c1-10-7-14(8-10,9-15)13(18)16(2)11-4-3-5-12(17)6-11/h3-6,10,17H,7-9,15H2,1-2H3. The number of anilines is 1. The van der Waals surface area contributed by atoms with Crippen molar-refractivity contribution < 1.29 is 9.90 Å². The van der Waals surface area contributed by atoms with Crippen molar-refractivity contribution in [2.75, 3.05) is 18.5 Å². The van der Waals surface area contributed by atoms with E-state index in [0.717, 1.165) is 12.8 Å². The first-order chi connectivity index (χ1) is 8.48. The number of nitrogens with zero attached hydrogens (tertiary/aromatic N) is 1. The van der Waals surface area contributed by atoms with Gasteiger partial charge in [0.25, 0.3) is 0 Å². The molecule has 0 aromatic heterocycles. The van der Waals surface area contributed by atoms with Gasteiger partial charge < -0.3 is 15.7 Å². The first kappa shape index (κ1) is 12.9. The summed E-state index contributed by atoms with van der Waals surface area (Å²) in [6.07, 6.45) is 1.71. The molecule has 0 atom stereocenters. The number of aromatic hydroxyl groups is 1. The third-order valence-electron chi connectivity index (χ3n) is 3.84. The minimum atomic E-state index is -0.403. The van der Waals surface area contributed by atoms with Gasteiger partial charge in [0.05, 0.1) is 5.41 Å². The van der Waals surface area contributed by atoms with E-state index >= 15 is 0 Å². The molecule has 1 amide bonds. The topological polar surface area (TPSA) is 66.6 Å². The molecule has 98 valence electrons. The Morgan fingerprint density at radius 3 is 2.72 bits per heavy atom. The summed E-state index contributed by atoms with van der Waals surface area (Å²) in [6.45, 7) is 2.52. The molecule has 0 radical (unpaired) electrons. The second kappa shape index (κ2) is 4.61. The number of phenolic OH excluding ortho intramolecular Hbond substituents is 1. The minimum Gasteiger partial charge on any atom is -0.508 e. The van der Waals surface area contributed by atoms with Crippen molar-refractivity contribution in [2.45, 2.75) is 19.8 Å². The third-order valence-corrected chi connectivity index (χ3v) is 3.84. The van der Waals surface area contributed by atoms with Gasteiger partial charge in [-0.3, -0.25) is 4.79 Å². The zero-order valence-electron chi connectivity index (χ0n) is 10.9. The van der Waals surface area contributed by atoms with Crippen LogP contribution in [0.25, 0.3) is 0 Å². The van der Waals surface area contributed by atoms with Gasteiger partial charge in [-0.1, -0.05) is 13.0 Å². The van der Waals surface area contributed by atoms with Gasteiger partial charge in [-0.2, -0.15) is 0 Å². The number of amides is 1. The number of phenols is 1. The molecule has 0 heterocycles. The molecule has 1 aromatic rings. The molecular formula is C14H20N2O2. The number of carbonyl (C=O) groups excluding carboxylic acids is 1. The number of rotatable bonds is 3. The zero-order chi connectivity index (χ0) is 13.3. The Bertz CT molecular complexity index is 453. The number of benzene rings is 1. The van der Waals surface area contributed by atoms with Crippen LogP contribution in [0, 0.1) is 11.3 Å². The second-order valence-electron chi connectivity index (χ2n) is 5.38. The number of hydrogen-bond donors (Lipinski definition) is 2. The first-order valence-electron chi connectivity index (χ1n) is 6.26. The van der Waals surface area contributed by atoms with Crippen LogP contribution in [-0.4, -0.2) is 24.6 Å². The van der Waals surface area contributed by atoms with E-state index in [9.17, 15) is 9.90 Å². The van der Waals surface area contributed by atoms with Gasteiger partial charge in [0.1, 0.15) is 5.75 Å². The van der Waals surface area contributed by atoms with Crippen molar-refractivity contribution in [3.63, 3.8) is 0 Å². The summed E-state index contributed by atoms with van der Waals surface area (Å²) in [4.78, 5) is 14.1. The van der Waals surface area contributed by atoms with E-state index in [1.54, 1.807) is 30.1 Å². The van der Waals surface area contributed by atoms with E-state index < -0.39 is 5.41 Å². The lowest BCUT2D eigenvalue weighted by Crippen LogP contribution is -2.53. The molecule has 0 aliphatic heterocycles. The van der Waals surface area contributed by atoms with E-state index in [2.05, 4.69) is 6.92 Å². The van der Waals surface area contributed by atoms with Crippen LogP contribution in [0.15, 0.2) is 24.3 Å². The summed E-state index contributed by atoms with van der Waals surface area (Å²) >= 11 is 0. The van der Waals surface area contributed by atoms with Crippen LogP contribution in [0.5, 0.6) is 5.75 Å². The minimum absolute atomic E-state index is 0.0497. The molecule has 4 heteroatoms. The molecule has 1 saturated carbocycles. The lowest BCUT2D eigenvalue weighted by Gasteiger charge is -2.46. The molecule has 0 bridgehead atoms. The Hall–Kier alpha value is -1.55. The Labute approximate surface area is 107 Å². The highest BCUT2D eigenvalue weighted by molar-refractivity contribution is 5.98. The summed E-state index contributed by atoms with van der Waals surface area (Å²) in [5.41, 5.74) is 6.08. The lowest BCUT2D eigenvalue weighted by molar-refractivity contribution is -0.134. The van der Waals surface area contributed by atoms with E-state index in [1.807, 2.05) is 6.07 Å². The van der Waals surface area contributed by atoms with Gasteiger partial charge in [-0.05, 0) is 30.9 Å². The SMILES string of the molecule is CC1CC(CN)(C(=O)N(C)c2cccc(O)c2)C1. The van der Waals surface area contributed by atoms with Gasteiger partial charge in [-0.15, -0.1) is 0 Å². The van der Waals surface area contributed by atoms with E-state index in [1.165, 1.54) is 0 Å². The Morgan fingerprint density at radius 1 is 1.56 bits per heavy atom. The predicted molar refractivity (Wildman–Crippen MR) is 71.4 cm³/mol. The lowest BCUT2D eigenvalue weighted by atomic mass is 9.62.